The van der Waals surface area contributed by atoms with Crippen molar-refractivity contribution < 1.29 is 14.3 Å². The molecule has 2 aromatic rings. The molecule has 0 atom stereocenters. The fourth-order valence-corrected chi connectivity index (χ4v) is 1.75. The van der Waals surface area contributed by atoms with Gasteiger partial charge in [-0.15, -0.1) is 0 Å². The highest BCUT2D eigenvalue weighted by Crippen LogP contribution is 2.27. The van der Waals surface area contributed by atoms with E-state index >= 15 is 0 Å². The van der Waals surface area contributed by atoms with Crippen molar-refractivity contribution in [2.45, 2.75) is 0 Å². The first kappa shape index (κ1) is 11.3. The lowest BCUT2D eigenvalue weighted by Crippen LogP contribution is -1.96. The van der Waals surface area contributed by atoms with E-state index in [1.165, 1.54) is 6.07 Å². The van der Waals surface area contributed by atoms with Gasteiger partial charge in [-0.1, -0.05) is 30.3 Å². The number of hydrogen-bond acceptors (Lipinski definition) is 2. The van der Waals surface area contributed by atoms with Gasteiger partial charge in [-0.2, -0.15) is 0 Å². The monoisotopic (exact) mass is 230 g/mol. The lowest BCUT2D eigenvalue weighted by atomic mass is 10.00. The Labute approximate surface area is 98.0 Å². The summed E-state index contributed by atoms with van der Waals surface area (Å²) in [5.41, 5.74) is 0.216. The third kappa shape index (κ3) is 2.18. The predicted molar refractivity (Wildman–Crippen MR) is 65.1 cm³/mol. The van der Waals surface area contributed by atoms with Crippen LogP contribution in [0, 0.1) is 0 Å². The molecule has 0 aliphatic heterocycles. The summed E-state index contributed by atoms with van der Waals surface area (Å²) in [4.78, 5) is 11.8. The molecule has 2 rings (SSSR count). The maximum Gasteiger partial charge on any atom is 0.189 e. The highest BCUT2D eigenvalue weighted by molar-refractivity contribution is 6.15. The smallest absolute Gasteiger partial charge is 0.189 e. The van der Waals surface area contributed by atoms with Gasteiger partial charge in [-0.3, -0.25) is 4.79 Å². The van der Waals surface area contributed by atoms with Crippen LogP contribution in [-0.4, -0.2) is 17.6 Å². The summed E-state index contributed by atoms with van der Waals surface area (Å²) in [5, 5.41) is 11.3. The van der Waals surface area contributed by atoms with Gasteiger partial charge in [-0.25, -0.2) is 4.39 Å². The molecule has 0 aromatic heterocycles. The molecule has 0 aliphatic carbocycles. The van der Waals surface area contributed by atoms with E-state index in [9.17, 15) is 14.3 Å². The average Bonchev–Trinajstić information content (AvgIpc) is 2.35. The normalized spacial score (nSPS) is 11.1. The highest BCUT2D eigenvalue weighted by Gasteiger charge is 2.12. The second-order valence-electron chi connectivity index (χ2n) is 3.60. The Hall–Kier alpha value is -2.16. The van der Waals surface area contributed by atoms with E-state index in [4.69, 9.17) is 0 Å². The van der Waals surface area contributed by atoms with E-state index in [1.807, 2.05) is 12.1 Å². The Balaban J connectivity index is 2.62. The maximum absolute atomic E-state index is 12.0. The number of rotatable bonds is 3. The molecule has 1 N–H and O–H groups in total. The molecule has 3 heteroatoms. The standard InChI is InChI=1S/C14H11FO2/c15-9-3-6-12(16)14-11-5-2-1-4-10(11)7-8-13(14)17/h1-8,17H,9H2/b6-3+. The molecule has 2 nitrogen and oxygen atoms in total. The van der Waals surface area contributed by atoms with E-state index in [-0.39, 0.29) is 11.3 Å². The Kier molecular flexibility index (Phi) is 3.19. The van der Waals surface area contributed by atoms with Crippen LogP contribution in [-0.2, 0) is 0 Å². The molecule has 0 aliphatic rings. The lowest BCUT2D eigenvalue weighted by molar-refractivity contribution is 0.104. The SMILES string of the molecule is O=C(/C=C/CF)c1c(O)ccc2ccccc12. The Morgan fingerprint density at radius 1 is 1.24 bits per heavy atom. The number of fused-ring (bicyclic) bond motifs is 1. The van der Waals surface area contributed by atoms with Gasteiger partial charge in [0.15, 0.2) is 5.78 Å². The largest absolute Gasteiger partial charge is 0.507 e. The summed E-state index contributed by atoms with van der Waals surface area (Å²) in [6.07, 6.45) is 2.27. The molecule has 86 valence electrons. The van der Waals surface area contributed by atoms with Crippen LogP contribution in [0.25, 0.3) is 10.8 Å². The molecule has 0 fully saturated rings. The third-order valence-corrected chi connectivity index (χ3v) is 2.51. The number of phenols is 1. The van der Waals surface area contributed by atoms with Crippen molar-refractivity contribution in [1.82, 2.24) is 0 Å². The van der Waals surface area contributed by atoms with Crippen molar-refractivity contribution in [3.05, 3.63) is 54.1 Å². The van der Waals surface area contributed by atoms with Crippen LogP contribution in [0.1, 0.15) is 10.4 Å². The first-order valence-electron chi connectivity index (χ1n) is 5.21. The van der Waals surface area contributed by atoms with Gasteiger partial charge in [0.25, 0.3) is 0 Å². The number of halogens is 1. The van der Waals surface area contributed by atoms with Crippen molar-refractivity contribution in [1.29, 1.82) is 0 Å². The number of carbonyl (C=O) groups is 1. The van der Waals surface area contributed by atoms with E-state index in [0.717, 1.165) is 17.5 Å². The zero-order chi connectivity index (χ0) is 12.3. The number of ketones is 1. The second-order valence-corrected chi connectivity index (χ2v) is 3.60. The molecule has 17 heavy (non-hydrogen) atoms. The van der Waals surface area contributed by atoms with Gasteiger partial charge >= 0.3 is 0 Å². The first-order valence-corrected chi connectivity index (χ1v) is 5.21. The molecule has 0 bridgehead atoms. The minimum Gasteiger partial charge on any atom is -0.507 e. The van der Waals surface area contributed by atoms with E-state index in [1.54, 1.807) is 18.2 Å². The summed E-state index contributed by atoms with van der Waals surface area (Å²) >= 11 is 0. The molecule has 0 saturated carbocycles. The summed E-state index contributed by atoms with van der Waals surface area (Å²) in [6.45, 7) is -0.697. The Morgan fingerprint density at radius 2 is 2.00 bits per heavy atom. The number of benzene rings is 2. The summed E-state index contributed by atoms with van der Waals surface area (Å²) in [5.74, 6) is -0.478. The zero-order valence-corrected chi connectivity index (χ0v) is 9.06. The molecule has 0 spiro atoms. The van der Waals surface area contributed by atoms with Crippen LogP contribution in [0.4, 0.5) is 4.39 Å². The molecule has 2 aromatic carbocycles. The van der Waals surface area contributed by atoms with Gasteiger partial charge in [0.1, 0.15) is 12.4 Å². The predicted octanol–water partition coefficient (Wildman–Crippen LogP) is 3.25. The van der Waals surface area contributed by atoms with Crippen molar-refractivity contribution in [2.75, 3.05) is 6.67 Å². The molecular formula is C14H11FO2. The number of phenolic OH excluding ortho intramolecular Hbond substituents is 1. The van der Waals surface area contributed by atoms with Crippen molar-refractivity contribution in [3.8, 4) is 5.75 Å². The summed E-state index contributed by atoms with van der Waals surface area (Å²) in [7, 11) is 0. The van der Waals surface area contributed by atoms with Crippen LogP contribution >= 0.6 is 0 Å². The molecular weight excluding hydrogens is 219 g/mol. The molecule has 0 radical (unpaired) electrons. The van der Waals surface area contributed by atoms with Crippen molar-refractivity contribution in [2.24, 2.45) is 0 Å². The van der Waals surface area contributed by atoms with Crippen LogP contribution in [0.15, 0.2) is 48.6 Å². The van der Waals surface area contributed by atoms with Crippen LogP contribution in [0.2, 0.25) is 0 Å². The van der Waals surface area contributed by atoms with Crippen LogP contribution in [0.5, 0.6) is 5.75 Å². The average molecular weight is 230 g/mol. The minimum absolute atomic E-state index is 0.0859. The van der Waals surface area contributed by atoms with Crippen molar-refractivity contribution in [3.63, 3.8) is 0 Å². The van der Waals surface area contributed by atoms with E-state index in [2.05, 4.69) is 0 Å². The quantitative estimate of drug-likeness (QED) is 0.649. The minimum atomic E-state index is -0.697. The van der Waals surface area contributed by atoms with Gasteiger partial charge in [0.2, 0.25) is 0 Å². The maximum atomic E-state index is 12.0. The third-order valence-electron chi connectivity index (χ3n) is 2.51. The van der Waals surface area contributed by atoms with Gasteiger partial charge < -0.3 is 5.11 Å². The number of aromatic hydroxyl groups is 1. The van der Waals surface area contributed by atoms with Gasteiger partial charge in [0.05, 0.1) is 5.56 Å². The van der Waals surface area contributed by atoms with Gasteiger partial charge in [-0.05, 0) is 29.0 Å². The molecule has 0 saturated heterocycles. The lowest BCUT2D eigenvalue weighted by Gasteiger charge is -2.05. The first-order chi connectivity index (χ1) is 8.24. The Morgan fingerprint density at radius 3 is 2.76 bits per heavy atom. The number of allylic oxidation sites excluding steroid dienone is 2. The van der Waals surface area contributed by atoms with Gasteiger partial charge in [0, 0.05) is 0 Å². The fraction of sp³-hybridized carbons (Fsp3) is 0.0714. The fourth-order valence-electron chi connectivity index (χ4n) is 1.75. The second kappa shape index (κ2) is 4.78. The van der Waals surface area contributed by atoms with Crippen molar-refractivity contribution >= 4 is 16.6 Å². The zero-order valence-electron chi connectivity index (χ0n) is 9.06. The topological polar surface area (TPSA) is 37.3 Å². The highest BCUT2D eigenvalue weighted by atomic mass is 19.1. The molecule has 0 amide bonds. The van der Waals surface area contributed by atoms with Crippen LogP contribution in [0.3, 0.4) is 0 Å². The van der Waals surface area contributed by atoms with E-state index < -0.39 is 12.5 Å². The van der Waals surface area contributed by atoms with E-state index in [0.29, 0.717) is 5.39 Å². The van der Waals surface area contributed by atoms with Crippen LogP contribution < -0.4 is 0 Å². The number of carbonyl (C=O) groups excluding carboxylic acids is 1. The Bertz CT molecular complexity index is 588. The molecule has 0 heterocycles. The molecule has 0 unspecified atom stereocenters. The summed E-state index contributed by atoms with van der Waals surface area (Å²) in [6, 6.07) is 10.5. The summed E-state index contributed by atoms with van der Waals surface area (Å²) < 4.78 is 12.0. The number of hydrogen-bond donors (Lipinski definition) is 1. The number of alkyl halides is 1.